The van der Waals surface area contributed by atoms with E-state index in [0.29, 0.717) is 5.82 Å². The van der Waals surface area contributed by atoms with Gasteiger partial charge in [0.1, 0.15) is 11.6 Å². The normalized spacial score (nSPS) is 17.1. The van der Waals surface area contributed by atoms with E-state index in [1.807, 2.05) is 4.90 Å². The molecule has 1 saturated carbocycles. The third kappa shape index (κ3) is 3.33. The minimum Gasteiger partial charge on any atom is -0.357 e. The van der Waals surface area contributed by atoms with Crippen molar-refractivity contribution in [1.29, 1.82) is 0 Å². The van der Waals surface area contributed by atoms with Gasteiger partial charge in [-0.2, -0.15) is 13.2 Å². The summed E-state index contributed by atoms with van der Waals surface area (Å²) in [5, 5.41) is 0. The van der Waals surface area contributed by atoms with Crippen LogP contribution in [0, 0.1) is 0 Å². The van der Waals surface area contributed by atoms with Crippen molar-refractivity contribution < 1.29 is 13.2 Å². The molecule has 20 heavy (non-hydrogen) atoms. The third-order valence-electron chi connectivity index (χ3n) is 3.77. The van der Waals surface area contributed by atoms with Gasteiger partial charge in [0.15, 0.2) is 0 Å². The SMILES string of the molecule is CN(c1cc(C(F)(F)F)cc(NN)n1)C1CCCCC1. The van der Waals surface area contributed by atoms with Gasteiger partial charge in [0.05, 0.1) is 5.56 Å². The summed E-state index contributed by atoms with van der Waals surface area (Å²) < 4.78 is 38.6. The molecule has 0 bridgehead atoms. The molecule has 1 aliphatic carbocycles. The first-order chi connectivity index (χ1) is 9.41. The number of aromatic nitrogens is 1. The van der Waals surface area contributed by atoms with Crippen LogP contribution in [0.2, 0.25) is 0 Å². The van der Waals surface area contributed by atoms with Gasteiger partial charge in [-0.25, -0.2) is 10.8 Å². The van der Waals surface area contributed by atoms with Crippen LogP contribution < -0.4 is 16.2 Å². The standard InChI is InChI=1S/C13H19F3N4/c1-20(10-5-3-2-4-6-10)12-8-9(13(14,15)16)7-11(18-12)19-17/h7-8,10H,2-6,17H2,1H3,(H,18,19). The summed E-state index contributed by atoms with van der Waals surface area (Å²) in [6, 6.07) is 2.23. The maximum Gasteiger partial charge on any atom is 0.416 e. The Morgan fingerprint density at radius 2 is 1.90 bits per heavy atom. The lowest BCUT2D eigenvalue weighted by Crippen LogP contribution is -2.34. The van der Waals surface area contributed by atoms with Crippen LogP contribution in [0.15, 0.2) is 12.1 Å². The second-order valence-corrected chi connectivity index (χ2v) is 5.14. The van der Waals surface area contributed by atoms with Crippen molar-refractivity contribution in [3.8, 4) is 0 Å². The van der Waals surface area contributed by atoms with E-state index in [-0.39, 0.29) is 11.9 Å². The van der Waals surface area contributed by atoms with E-state index in [4.69, 9.17) is 5.84 Å². The van der Waals surface area contributed by atoms with E-state index >= 15 is 0 Å². The number of nitrogens with zero attached hydrogens (tertiary/aromatic N) is 2. The first-order valence-corrected chi connectivity index (χ1v) is 6.70. The molecule has 112 valence electrons. The molecular weight excluding hydrogens is 269 g/mol. The number of hydrogen-bond acceptors (Lipinski definition) is 4. The minimum atomic E-state index is -4.41. The molecule has 1 fully saturated rings. The molecular formula is C13H19F3N4. The lowest BCUT2D eigenvalue weighted by molar-refractivity contribution is -0.137. The molecule has 0 aromatic carbocycles. The van der Waals surface area contributed by atoms with Gasteiger partial charge in [0.2, 0.25) is 0 Å². The quantitative estimate of drug-likeness (QED) is 0.662. The zero-order valence-corrected chi connectivity index (χ0v) is 11.4. The molecule has 1 aromatic heterocycles. The van der Waals surface area contributed by atoms with Gasteiger partial charge in [-0.05, 0) is 25.0 Å². The second-order valence-electron chi connectivity index (χ2n) is 5.14. The third-order valence-corrected chi connectivity index (χ3v) is 3.77. The summed E-state index contributed by atoms with van der Waals surface area (Å²) in [4.78, 5) is 5.96. The zero-order chi connectivity index (χ0) is 14.8. The van der Waals surface area contributed by atoms with Gasteiger partial charge < -0.3 is 10.3 Å². The van der Waals surface area contributed by atoms with E-state index in [1.54, 1.807) is 7.05 Å². The number of nitrogen functional groups attached to an aromatic ring is 1. The maximum atomic E-state index is 12.9. The molecule has 0 spiro atoms. The smallest absolute Gasteiger partial charge is 0.357 e. The van der Waals surface area contributed by atoms with Crippen molar-refractivity contribution in [2.24, 2.45) is 5.84 Å². The summed E-state index contributed by atoms with van der Waals surface area (Å²) >= 11 is 0. The van der Waals surface area contributed by atoms with Crippen molar-refractivity contribution >= 4 is 11.6 Å². The predicted molar refractivity (Wildman–Crippen MR) is 72.3 cm³/mol. The highest BCUT2D eigenvalue weighted by molar-refractivity contribution is 5.51. The fraction of sp³-hybridized carbons (Fsp3) is 0.615. The number of halogens is 3. The summed E-state index contributed by atoms with van der Waals surface area (Å²) in [6.07, 6.45) is 0.970. The summed E-state index contributed by atoms with van der Waals surface area (Å²) in [6.45, 7) is 0. The highest BCUT2D eigenvalue weighted by Crippen LogP contribution is 2.34. The van der Waals surface area contributed by atoms with Crippen LogP contribution in [0.1, 0.15) is 37.7 Å². The number of nitrogens with one attached hydrogen (secondary N) is 1. The summed E-state index contributed by atoms with van der Waals surface area (Å²) in [5.41, 5.74) is 1.46. The Kier molecular flexibility index (Phi) is 4.37. The highest BCUT2D eigenvalue weighted by atomic mass is 19.4. The molecule has 3 N–H and O–H groups in total. The Morgan fingerprint density at radius 3 is 2.45 bits per heavy atom. The molecule has 0 amide bonds. The van der Waals surface area contributed by atoms with E-state index in [0.717, 1.165) is 37.8 Å². The lowest BCUT2D eigenvalue weighted by atomic mass is 9.94. The number of pyridine rings is 1. The zero-order valence-electron chi connectivity index (χ0n) is 11.4. The van der Waals surface area contributed by atoms with Crippen LogP contribution in [0.25, 0.3) is 0 Å². The van der Waals surface area contributed by atoms with Crippen LogP contribution in [-0.4, -0.2) is 18.1 Å². The molecule has 1 aromatic rings. The molecule has 2 rings (SSSR count). The lowest BCUT2D eigenvalue weighted by Gasteiger charge is -2.32. The van der Waals surface area contributed by atoms with E-state index < -0.39 is 11.7 Å². The number of alkyl halides is 3. The average Bonchev–Trinajstić information content (AvgIpc) is 2.46. The van der Waals surface area contributed by atoms with E-state index in [1.165, 1.54) is 6.42 Å². The first-order valence-electron chi connectivity index (χ1n) is 6.70. The molecule has 7 heteroatoms. The molecule has 0 radical (unpaired) electrons. The van der Waals surface area contributed by atoms with Gasteiger partial charge >= 0.3 is 6.18 Å². The summed E-state index contributed by atoms with van der Waals surface area (Å²) in [5.74, 6) is 5.54. The van der Waals surface area contributed by atoms with Crippen molar-refractivity contribution in [3.05, 3.63) is 17.7 Å². The number of hydrazine groups is 1. The molecule has 0 aliphatic heterocycles. The van der Waals surface area contributed by atoms with Crippen LogP contribution >= 0.6 is 0 Å². The van der Waals surface area contributed by atoms with Crippen LogP contribution in [0.4, 0.5) is 24.8 Å². The first kappa shape index (κ1) is 14.9. The monoisotopic (exact) mass is 288 g/mol. The number of rotatable bonds is 3. The molecule has 0 unspecified atom stereocenters. The Bertz CT molecular complexity index is 455. The van der Waals surface area contributed by atoms with Crippen molar-refractivity contribution in [3.63, 3.8) is 0 Å². The largest absolute Gasteiger partial charge is 0.416 e. The number of anilines is 2. The van der Waals surface area contributed by atoms with Crippen LogP contribution in [0.3, 0.4) is 0 Å². The van der Waals surface area contributed by atoms with Crippen LogP contribution in [0.5, 0.6) is 0 Å². The van der Waals surface area contributed by atoms with Crippen molar-refractivity contribution in [2.45, 2.75) is 44.3 Å². The van der Waals surface area contributed by atoms with Gasteiger partial charge in [0.25, 0.3) is 0 Å². The fourth-order valence-corrected chi connectivity index (χ4v) is 2.59. The Hall–Kier alpha value is -1.50. The molecule has 0 atom stereocenters. The minimum absolute atomic E-state index is 0.0254. The Balaban J connectivity index is 2.29. The summed E-state index contributed by atoms with van der Waals surface area (Å²) in [7, 11) is 1.79. The van der Waals surface area contributed by atoms with Crippen molar-refractivity contribution in [1.82, 2.24) is 4.98 Å². The van der Waals surface area contributed by atoms with E-state index in [9.17, 15) is 13.2 Å². The number of nitrogens with two attached hydrogens (primary N) is 1. The highest BCUT2D eigenvalue weighted by Gasteiger charge is 2.32. The Morgan fingerprint density at radius 1 is 1.25 bits per heavy atom. The van der Waals surface area contributed by atoms with Gasteiger partial charge in [-0.1, -0.05) is 19.3 Å². The average molecular weight is 288 g/mol. The molecule has 0 saturated heterocycles. The Labute approximate surface area is 116 Å². The molecule has 4 nitrogen and oxygen atoms in total. The van der Waals surface area contributed by atoms with Gasteiger partial charge in [-0.15, -0.1) is 0 Å². The van der Waals surface area contributed by atoms with Gasteiger partial charge in [0, 0.05) is 13.1 Å². The number of hydrogen-bond donors (Lipinski definition) is 2. The van der Waals surface area contributed by atoms with E-state index in [2.05, 4.69) is 10.4 Å². The molecule has 1 aliphatic rings. The second kappa shape index (κ2) is 5.87. The predicted octanol–water partition coefficient (Wildman–Crippen LogP) is 3.15. The van der Waals surface area contributed by atoms with Gasteiger partial charge in [-0.3, -0.25) is 0 Å². The maximum absolute atomic E-state index is 12.9. The fourth-order valence-electron chi connectivity index (χ4n) is 2.59. The molecule has 1 heterocycles. The van der Waals surface area contributed by atoms with Crippen LogP contribution in [-0.2, 0) is 6.18 Å². The topological polar surface area (TPSA) is 54.2 Å². The van der Waals surface area contributed by atoms with Crippen molar-refractivity contribution in [2.75, 3.05) is 17.4 Å².